The first-order valence-electron chi connectivity index (χ1n) is 6.20. The topological polar surface area (TPSA) is 65.5 Å². The molecule has 0 spiro atoms. The van der Waals surface area contributed by atoms with Crippen LogP contribution in [0.1, 0.15) is 10.6 Å². The number of aryl methyl sites for hydroxylation is 2. The highest BCUT2D eigenvalue weighted by molar-refractivity contribution is 7.15. The number of nitrogens with one attached hydrogen (secondary N) is 1. The zero-order valence-corrected chi connectivity index (χ0v) is 12.2. The van der Waals surface area contributed by atoms with Gasteiger partial charge in [0, 0.05) is 31.1 Å². The van der Waals surface area contributed by atoms with Gasteiger partial charge in [-0.25, -0.2) is 4.98 Å². The Balaban J connectivity index is 1.94. The standard InChI is InChI=1S/C12H18N4O2S/c1-8-9(2)19-12(13-8)14-10(17)11(18)16-6-4-15(3)5-7-16/h4-7H2,1-3H3,(H,13,14,17). The number of piperazine rings is 1. The largest absolute Gasteiger partial charge is 0.332 e. The highest BCUT2D eigenvalue weighted by Crippen LogP contribution is 2.21. The summed E-state index contributed by atoms with van der Waals surface area (Å²) in [7, 11) is 2.00. The summed E-state index contributed by atoms with van der Waals surface area (Å²) < 4.78 is 0. The van der Waals surface area contributed by atoms with Gasteiger partial charge in [0.1, 0.15) is 0 Å². The molecule has 0 aliphatic carbocycles. The predicted octanol–water partition coefficient (Wildman–Crippen LogP) is 0.472. The van der Waals surface area contributed by atoms with E-state index in [2.05, 4.69) is 15.2 Å². The molecule has 0 unspecified atom stereocenters. The summed E-state index contributed by atoms with van der Waals surface area (Å²) >= 11 is 1.39. The number of carbonyl (C=O) groups excluding carboxylic acids is 2. The molecule has 7 heteroatoms. The maximum absolute atomic E-state index is 12.0. The van der Waals surface area contributed by atoms with Crippen LogP contribution in [0, 0.1) is 13.8 Å². The monoisotopic (exact) mass is 282 g/mol. The Morgan fingerprint density at radius 1 is 1.21 bits per heavy atom. The lowest BCUT2D eigenvalue weighted by molar-refractivity contribution is -0.144. The van der Waals surface area contributed by atoms with Gasteiger partial charge in [0.05, 0.1) is 5.69 Å². The first-order chi connectivity index (χ1) is 8.97. The first-order valence-corrected chi connectivity index (χ1v) is 7.02. The van der Waals surface area contributed by atoms with Gasteiger partial charge in [-0.2, -0.15) is 0 Å². The van der Waals surface area contributed by atoms with E-state index in [0.717, 1.165) is 23.7 Å². The second-order valence-corrected chi connectivity index (χ2v) is 5.91. The lowest BCUT2D eigenvalue weighted by Gasteiger charge is -2.31. The summed E-state index contributed by atoms with van der Waals surface area (Å²) in [5.41, 5.74) is 0.882. The molecule has 1 fully saturated rings. The maximum Gasteiger partial charge on any atom is 0.315 e. The first kappa shape index (κ1) is 14.0. The van der Waals surface area contributed by atoms with Gasteiger partial charge in [-0.15, -0.1) is 11.3 Å². The fourth-order valence-corrected chi connectivity index (χ4v) is 2.64. The van der Waals surface area contributed by atoms with Gasteiger partial charge in [-0.3, -0.25) is 14.9 Å². The molecule has 1 N–H and O–H groups in total. The van der Waals surface area contributed by atoms with Crippen molar-refractivity contribution in [1.29, 1.82) is 0 Å². The number of aromatic nitrogens is 1. The van der Waals surface area contributed by atoms with E-state index in [1.165, 1.54) is 11.3 Å². The highest BCUT2D eigenvalue weighted by Gasteiger charge is 2.25. The van der Waals surface area contributed by atoms with Crippen LogP contribution in [0.5, 0.6) is 0 Å². The number of hydrogen-bond donors (Lipinski definition) is 1. The molecule has 0 atom stereocenters. The maximum atomic E-state index is 12.0. The average Bonchev–Trinajstić information content (AvgIpc) is 2.68. The second-order valence-electron chi connectivity index (χ2n) is 4.71. The van der Waals surface area contributed by atoms with E-state index >= 15 is 0 Å². The molecule has 2 heterocycles. The van der Waals surface area contributed by atoms with Crippen LogP contribution >= 0.6 is 11.3 Å². The molecule has 1 aromatic rings. The summed E-state index contributed by atoms with van der Waals surface area (Å²) in [6.07, 6.45) is 0. The van der Waals surface area contributed by atoms with Crippen molar-refractivity contribution in [3.8, 4) is 0 Å². The minimum atomic E-state index is -0.599. The summed E-state index contributed by atoms with van der Waals surface area (Å²) in [4.78, 5) is 32.8. The number of thiazole rings is 1. The number of rotatable bonds is 1. The molecule has 0 aromatic carbocycles. The summed E-state index contributed by atoms with van der Waals surface area (Å²) in [5, 5.41) is 3.06. The lowest BCUT2D eigenvalue weighted by atomic mass is 10.3. The van der Waals surface area contributed by atoms with Gasteiger partial charge >= 0.3 is 11.8 Å². The fourth-order valence-electron chi connectivity index (χ4n) is 1.83. The Morgan fingerprint density at radius 2 is 1.84 bits per heavy atom. The van der Waals surface area contributed by atoms with Crippen LogP contribution in [-0.2, 0) is 9.59 Å². The second kappa shape index (κ2) is 5.66. The van der Waals surface area contributed by atoms with E-state index in [9.17, 15) is 9.59 Å². The predicted molar refractivity (Wildman–Crippen MR) is 74.3 cm³/mol. The number of nitrogens with zero attached hydrogens (tertiary/aromatic N) is 3. The molecule has 1 aromatic heterocycles. The number of carbonyl (C=O) groups is 2. The molecule has 2 amide bonds. The van der Waals surface area contributed by atoms with E-state index < -0.39 is 11.8 Å². The summed E-state index contributed by atoms with van der Waals surface area (Å²) in [6, 6.07) is 0. The number of likely N-dealkylation sites (N-methyl/N-ethyl adjacent to an activating group) is 1. The third kappa shape index (κ3) is 3.30. The Hall–Kier alpha value is -1.47. The molecule has 1 aliphatic rings. The molecule has 1 saturated heterocycles. The van der Waals surface area contributed by atoms with E-state index in [-0.39, 0.29) is 0 Å². The smallest absolute Gasteiger partial charge is 0.315 e. The lowest BCUT2D eigenvalue weighted by Crippen LogP contribution is -2.50. The minimum absolute atomic E-state index is 0.474. The van der Waals surface area contributed by atoms with Crippen molar-refractivity contribution < 1.29 is 9.59 Å². The Morgan fingerprint density at radius 3 is 2.37 bits per heavy atom. The van der Waals surface area contributed by atoms with Crippen LogP contribution in [0.3, 0.4) is 0 Å². The quantitative estimate of drug-likeness (QED) is 0.761. The van der Waals surface area contributed by atoms with Crippen LogP contribution in [0.2, 0.25) is 0 Å². The van der Waals surface area contributed by atoms with E-state index in [0.29, 0.717) is 18.2 Å². The number of hydrogen-bond acceptors (Lipinski definition) is 5. The third-order valence-electron chi connectivity index (χ3n) is 3.23. The fraction of sp³-hybridized carbons (Fsp3) is 0.583. The number of anilines is 1. The van der Waals surface area contributed by atoms with Crippen LogP contribution in [-0.4, -0.2) is 59.8 Å². The van der Waals surface area contributed by atoms with Crippen molar-refractivity contribution in [2.45, 2.75) is 13.8 Å². The Kier molecular flexibility index (Phi) is 4.16. The van der Waals surface area contributed by atoms with Crippen molar-refractivity contribution in [1.82, 2.24) is 14.8 Å². The van der Waals surface area contributed by atoms with Crippen LogP contribution in [0.25, 0.3) is 0 Å². The van der Waals surface area contributed by atoms with Gasteiger partial charge in [-0.05, 0) is 20.9 Å². The molecule has 1 aliphatic heterocycles. The van der Waals surface area contributed by atoms with Gasteiger partial charge in [0.2, 0.25) is 0 Å². The van der Waals surface area contributed by atoms with E-state index in [4.69, 9.17) is 0 Å². The zero-order chi connectivity index (χ0) is 14.0. The Bertz CT molecular complexity index is 472. The normalized spacial score (nSPS) is 16.5. The minimum Gasteiger partial charge on any atom is -0.332 e. The summed E-state index contributed by atoms with van der Waals surface area (Å²) in [6.45, 7) is 6.61. The van der Waals surface area contributed by atoms with Crippen LogP contribution < -0.4 is 5.32 Å². The molecular weight excluding hydrogens is 264 g/mol. The Labute approximate surface area is 116 Å². The van der Waals surface area contributed by atoms with Crippen molar-refractivity contribution in [2.24, 2.45) is 0 Å². The zero-order valence-electron chi connectivity index (χ0n) is 11.4. The molecule has 0 bridgehead atoms. The molecule has 0 saturated carbocycles. The highest BCUT2D eigenvalue weighted by atomic mass is 32.1. The van der Waals surface area contributed by atoms with E-state index in [1.54, 1.807) is 4.90 Å². The molecule has 6 nitrogen and oxygen atoms in total. The SMILES string of the molecule is Cc1nc(NC(=O)C(=O)N2CCN(C)CC2)sc1C. The van der Waals surface area contributed by atoms with E-state index in [1.807, 2.05) is 20.9 Å². The van der Waals surface area contributed by atoms with Crippen molar-refractivity contribution >= 4 is 28.3 Å². The van der Waals surface area contributed by atoms with Gasteiger partial charge in [0.15, 0.2) is 5.13 Å². The van der Waals surface area contributed by atoms with Gasteiger partial charge < -0.3 is 9.80 Å². The molecule has 19 heavy (non-hydrogen) atoms. The third-order valence-corrected chi connectivity index (χ3v) is 4.22. The van der Waals surface area contributed by atoms with Crippen molar-refractivity contribution in [3.63, 3.8) is 0 Å². The van der Waals surface area contributed by atoms with Crippen molar-refractivity contribution in [3.05, 3.63) is 10.6 Å². The molecule has 0 radical (unpaired) electrons. The van der Waals surface area contributed by atoms with Crippen molar-refractivity contribution in [2.75, 3.05) is 38.5 Å². The van der Waals surface area contributed by atoms with Gasteiger partial charge in [-0.1, -0.05) is 0 Å². The molecule has 2 rings (SSSR count). The average molecular weight is 282 g/mol. The summed E-state index contributed by atoms with van der Waals surface area (Å²) in [5.74, 6) is -1.07. The van der Waals surface area contributed by atoms with Crippen LogP contribution in [0.15, 0.2) is 0 Å². The van der Waals surface area contributed by atoms with Crippen LogP contribution in [0.4, 0.5) is 5.13 Å². The molecule has 104 valence electrons. The number of amides is 2. The molecular formula is C12H18N4O2S. The van der Waals surface area contributed by atoms with Gasteiger partial charge in [0.25, 0.3) is 0 Å².